The minimum Gasteiger partial charge on any atom is -0.392 e. The maximum absolute atomic E-state index is 12.1. The molecule has 7 nitrogen and oxygen atoms in total. The average molecular weight is 337 g/mol. The molecule has 0 spiro atoms. The van der Waals surface area contributed by atoms with Crippen molar-refractivity contribution in [3.05, 3.63) is 27.1 Å². The van der Waals surface area contributed by atoms with Gasteiger partial charge in [-0.05, 0) is 20.8 Å². The standard InChI is InChI=1S/C15H23N5O2S/c1-10-7-18(4-5-19(10)8-11(2)21)9-13-6-14(22)20-15(16-13)23-12(3)17-20/h6,10-11,21H,4-5,7-9H2,1-3H3/t10-,11-/m1/s1. The zero-order valence-corrected chi connectivity index (χ0v) is 14.6. The second kappa shape index (κ2) is 6.64. The first-order valence-corrected chi connectivity index (χ1v) is 8.75. The molecule has 1 aliphatic heterocycles. The van der Waals surface area contributed by atoms with E-state index >= 15 is 0 Å². The highest BCUT2D eigenvalue weighted by Gasteiger charge is 2.24. The fourth-order valence-corrected chi connectivity index (χ4v) is 3.85. The molecule has 1 aliphatic rings. The third kappa shape index (κ3) is 3.77. The molecule has 0 aliphatic carbocycles. The van der Waals surface area contributed by atoms with Crippen molar-refractivity contribution in [3.63, 3.8) is 0 Å². The van der Waals surface area contributed by atoms with E-state index in [1.54, 1.807) is 6.07 Å². The van der Waals surface area contributed by atoms with Crippen molar-refractivity contribution in [1.29, 1.82) is 0 Å². The van der Waals surface area contributed by atoms with E-state index < -0.39 is 0 Å². The molecule has 0 bridgehead atoms. The normalized spacial score (nSPS) is 21.8. The Labute approximate surface area is 139 Å². The molecule has 8 heteroatoms. The van der Waals surface area contributed by atoms with Gasteiger partial charge in [-0.25, -0.2) is 4.98 Å². The summed E-state index contributed by atoms with van der Waals surface area (Å²) < 4.78 is 1.37. The molecule has 0 unspecified atom stereocenters. The van der Waals surface area contributed by atoms with Crippen LogP contribution in [-0.2, 0) is 6.54 Å². The third-order valence-electron chi connectivity index (χ3n) is 4.13. The first-order chi connectivity index (χ1) is 10.9. The van der Waals surface area contributed by atoms with Crippen molar-refractivity contribution in [1.82, 2.24) is 24.4 Å². The van der Waals surface area contributed by atoms with E-state index in [0.29, 0.717) is 24.1 Å². The predicted molar refractivity (Wildman–Crippen MR) is 89.9 cm³/mol. The highest BCUT2D eigenvalue weighted by molar-refractivity contribution is 7.16. The Morgan fingerprint density at radius 2 is 2.26 bits per heavy atom. The number of piperazine rings is 1. The van der Waals surface area contributed by atoms with E-state index in [-0.39, 0.29) is 11.7 Å². The van der Waals surface area contributed by atoms with E-state index in [2.05, 4.69) is 26.8 Å². The van der Waals surface area contributed by atoms with Crippen LogP contribution in [0.15, 0.2) is 10.9 Å². The van der Waals surface area contributed by atoms with Gasteiger partial charge in [-0.15, -0.1) is 0 Å². The number of aliphatic hydroxyl groups is 1. The summed E-state index contributed by atoms with van der Waals surface area (Å²) >= 11 is 1.44. The van der Waals surface area contributed by atoms with E-state index in [1.807, 2.05) is 13.8 Å². The van der Waals surface area contributed by atoms with Crippen molar-refractivity contribution in [2.24, 2.45) is 0 Å². The molecule has 23 heavy (non-hydrogen) atoms. The Bertz CT molecular complexity index is 741. The Hall–Kier alpha value is -1.35. The molecule has 1 saturated heterocycles. The molecular formula is C15H23N5O2S. The molecular weight excluding hydrogens is 314 g/mol. The van der Waals surface area contributed by atoms with Gasteiger partial charge in [-0.1, -0.05) is 11.3 Å². The molecule has 1 N–H and O–H groups in total. The number of aryl methyl sites for hydroxylation is 1. The van der Waals surface area contributed by atoms with Crippen molar-refractivity contribution in [2.45, 2.75) is 39.5 Å². The molecule has 2 atom stereocenters. The number of aromatic nitrogens is 3. The van der Waals surface area contributed by atoms with Crippen LogP contribution in [0.2, 0.25) is 0 Å². The Morgan fingerprint density at radius 3 is 2.96 bits per heavy atom. The highest BCUT2D eigenvalue weighted by Crippen LogP contribution is 2.14. The number of β-amino-alcohol motifs (C(OH)–C–C–N with tert-alkyl or cyclic N) is 1. The van der Waals surface area contributed by atoms with Crippen LogP contribution < -0.4 is 5.56 Å². The molecule has 0 aromatic carbocycles. The molecule has 3 heterocycles. The molecule has 2 aromatic rings. The molecule has 0 saturated carbocycles. The lowest BCUT2D eigenvalue weighted by Gasteiger charge is -2.40. The number of aliphatic hydroxyl groups excluding tert-OH is 1. The van der Waals surface area contributed by atoms with Crippen LogP contribution in [-0.4, -0.2) is 67.8 Å². The van der Waals surface area contributed by atoms with Crippen LogP contribution in [0.3, 0.4) is 0 Å². The minimum atomic E-state index is -0.303. The van der Waals surface area contributed by atoms with Gasteiger partial charge in [-0.2, -0.15) is 9.61 Å². The SMILES string of the molecule is Cc1nn2c(=O)cc(CN3CCN(C[C@@H](C)O)[C@H](C)C3)nc2s1. The summed E-state index contributed by atoms with van der Waals surface area (Å²) in [4.78, 5) is 21.9. The first kappa shape index (κ1) is 16.5. The zero-order valence-electron chi connectivity index (χ0n) is 13.8. The van der Waals surface area contributed by atoms with Gasteiger partial charge in [0.2, 0.25) is 4.96 Å². The van der Waals surface area contributed by atoms with E-state index in [1.165, 1.54) is 15.9 Å². The van der Waals surface area contributed by atoms with Crippen molar-refractivity contribution in [2.75, 3.05) is 26.2 Å². The van der Waals surface area contributed by atoms with Crippen LogP contribution in [0.5, 0.6) is 0 Å². The van der Waals surface area contributed by atoms with Crippen molar-refractivity contribution in [3.8, 4) is 0 Å². The summed E-state index contributed by atoms with van der Waals surface area (Å²) in [6.07, 6.45) is -0.303. The lowest BCUT2D eigenvalue weighted by Crippen LogP contribution is -2.53. The second-order valence-corrected chi connectivity index (χ2v) is 7.49. The minimum absolute atomic E-state index is 0.116. The summed E-state index contributed by atoms with van der Waals surface area (Å²) in [6.45, 7) is 10.0. The van der Waals surface area contributed by atoms with Crippen LogP contribution in [0, 0.1) is 6.92 Å². The lowest BCUT2D eigenvalue weighted by molar-refractivity contribution is 0.0418. The van der Waals surface area contributed by atoms with Gasteiger partial charge in [-0.3, -0.25) is 14.6 Å². The zero-order chi connectivity index (χ0) is 16.6. The van der Waals surface area contributed by atoms with Crippen molar-refractivity contribution >= 4 is 16.3 Å². The molecule has 0 amide bonds. The maximum atomic E-state index is 12.1. The van der Waals surface area contributed by atoms with Crippen molar-refractivity contribution < 1.29 is 5.11 Å². The van der Waals surface area contributed by atoms with Gasteiger partial charge in [0.25, 0.3) is 5.56 Å². The van der Waals surface area contributed by atoms with Crippen LogP contribution >= 0.6 is 11.3 Å². The van der Waals surface area contributed by atoms with Gasteiger partial charge in [0.1, 0.15) is 5.01 Å². The number of hydrogen-bond donors (Lipinski definition) is 1. The predicted octanol–water partition coefficient (Wildman–Crippen LogP) is 0.346. The molecule has 126 valence electrons. The summed E-state index contributed by atoms with van der Waals surface area (Å²) in [5.41, 5.74) is 0.685. The van der Waals surface area contributed by atoms with E-state index in [4.69, 9.17) is 0 Å². The molecule has 2 aromatic heterocycles. The number of nitrogens with zero attached hydrogens (tertiary/aromatic N) is 5. The quantitative estimate of drug-likeness (QED) is 0.868. The monoisotopic (exact) mass is 337 g/mol. The van der Waals surface area contributed by atoms with Gasteiger partial charge in [0.05, 0.1) is 11.8 Å². The van der Waals surface area contributed by atoms with Crippen LogP contribution in [0.25, 0.3) is 4.96 Å². The second-order valence-electron chi connectivity index (χ2n) is 6.33. The molecule has 3 rings (SSSR count). The fraction of sp³-hybridized carbons (Fsp3) is 0.667. The Morgan fingerprint density at radius 1 is 1.48 bits per heavy atom. The number of hydrogen-bond acceptors (Lipinski definition) is 7. The Balaban J connectivity index is 1.70. The van der Waals surface area contributed by atoms with E-state index in [0.717, 1.165) is 30.3 Å². The first-order valence-electron chi connectivity index (χ1n) is 7.93. The van der Waals surface area contributed by atoms with Gasteiger partial charge in [0, 0.05) is 44.8 Å². The molecule has 0 radical (unpaired) electrons. The summed E-state index contributed by atoms with van der Waals surface area (Å²) in [7, 11) is 0. The highest BCUT2D eigenvalue weighted by atomic mass is 32.1. The fourth-order valence-electron chi connectivity index (χ4n) is 3.09. The lowest BCUT2D eigenvalue weighted by atomic mass is 10.1. The van der Waals surface area contributed by atoms with E-state index in [9.17, 15) is 9.90 Å². The van der Waals surface area contributed by atoms with Gasteiger partial charge < -0.3 is 5.11 Å². The average Bonchev–Trinajstić information content (AvgIpc) is 2.82. The maximum Gasteiger partial charge on any atom is 0.275 e. The smallest absolute Gasteiger partial charge is 0.275 e. The summed E-state index contributed by atoms with van der Waals surface area (Å²) in [6, 6.07) is 1.97. The largest absolute Gasteiger partial charge is 0.392 e. The van der Waals surface area contributed by atoms with Crippen LogP contribution in [0.4, 0.5) is 0 Å². The third-order valence-corrected chi connectivity index (χ3v) is 4.96. The topological polar surface area (TPSA) is 74.0 Å². The molecule has 1 fully saturated rings. The Kier molecular flexibility index (Phi) is 4.77. The van der Waals surface area contributed by atoms with Gasteiger partial charge in [0.15, 0.2) is 0 Å². The summed E-state index contributed by atoms with van der Waals surface area (Å²) in [5.74, 6) is 0. The number of fused-ring (bicyclic) bond motifs is 1. The number of rotatable bonds is 4. The summed E-state index contributed by atoms with van der Waals surface area (Å²) in [5, 5.41) is 14.6. The van der Waals surface area contributed by atoms with Gasteiger partial charge >= 0.3 is 0 Å². The van der Waals surface area contributed by atoms with Crippen LogP contribution in [0.1, 0.15) is 24.5 Å².